The van der Waals surface area contributed by atoms with E-state index in [0.717, 1.165) is 5.56 Å². The number of ether oxygens (including phenoxy) is 1. The average Bonchev–Trinajstić information content (AvgIpc) is 2.42. The number of hydrogen-bond donors (Lipinski definition) is 1. The lowest BCUT2D eigenvalue weighted by Crippen LogP contribution is -2.24. The third-order valence-electron chi connectivity index (χ3n) is 2.43. The number of carbonyl (C=O) groups excluding carboxylic acids is 1. The number of nitrogens with zero attached hydrogens (tertiary/aromatic N) is 2. The summed E-state index contributed by atoms with van der Waals surface area (Å²) in [5.41, 5.74) is 6.45. The van der Waals surface area contributed by atoms with Crippen LogP contribution in [0.25, 0.3) is 0 Å². The molecule has 2 aromatic heterocycles. The van der Waals surface area contributed by atoms with Gasteiger partial charge in [0.1, 0.15) is 13.2 Å². The molecule has 0 amide bonds. The van der Waals surface area contributed by atoms with Crippen molar-refractivity contribution >= 4 is 11.7 Å². The third-order valence-corrected chi connectivity index (χ3v) is 2.43. The molecule has 2 N–H and O–H groups in total. The highest BCUT2D eigenvalue weighted by molar-refractivity contribution is 5.69. The smallest absolute Gasteiger partial charge is 0.326 e. The van der Waals surface area contributed by atoms with Crippen LogP contribution in [0.3, 0.4) is 0 Å². The van der Waals surface area contributed by atoms with Crippen molar-refractivity contribution in [2.75, 3.05) is 5.73 Å². The second-order valence-corrected chi connectivity index (χ2v) is 3.95. The van der Waals surface area contributed by atoms with Gasteiger partial charge in [-0.25, -0.2) is 0 Å². The number of pyridine rings is 2. The largest absolute Gasteiger partial charge is 0.459 e. The van der Waals surface area contributed by atoms with Crippen molar-refractivity contribution < 1.29 is 9.53 Å². The Labute approximate surface area is 109 Å². The summed E-state index contributed by atoms with van der Waals surface area (Å²) in [4.78, 5) is 27.0. The van der Waals surface area contributed by atoms with Gasteiger partial charge < -0.3 is 15.0 Å². The number of hydrogen-bond acceptors (Lipinski definition) is 5. The molecule has 98 valence electrons. The maximum atomic E-state index is 11.6. The molecule has 0 bridgehead atoms. The summed E-state index contributed by atoms with van der Waals surface area (Å²) in [6.07, 6.45) is 4.66. The predicted octanol–water partition coefficient (Wildman–Crippen LogP) is 0.569. The fraction of sp³-hybridized carbons (Fsp3) is 0.154. The Bertz CT molecular complexity index is 623. The highest BCUT2D eigenvalue weighted by Crippen LogP contribution is 2.00. The molecule has 2 heterocycles. The Morgan fingerprint density at radius 2 is 2.21 bits per heavy atom. The van der Waals surface area contributed by atoms with Gasteiger partial charge in [0.25, 0.3) is 5.56 Å². The third kappa shape index (κ3) is 3.67. The zero-order chi connectivity index (χ0) is 13.7. The van der Waals surface area contributed by atoms with E-state index in [9.17, 15) is 9.59 Å². The molecule has 6 heteroatoms. The van der Waals surface area contributed by atoms with Gasteiger partial charge in [-0.2, -0.15) is 0 Å². The molecule has 0 saturated heterocycles. The summed E-state index contributed by atoms with van der Waals surface area (Å²) >= 11 is 0. The van der Waals surface area contributed by atoms with Crippen LogP contribution in [-0.2, 0) is 22.7 Å². The molecule has 0 aliphatic carbocycles. The number of rotatable bonds is 4. The topological polar surface area (TPSA) is 87.2 Å². The monoisotopic (exact) mass is 259 g/mol. The Kier molecular flexibility index (Phi) is 3.92. The number of nitrogens with two attached hydrogens (primary N) is 1. The van der Waals surface area contributed by atoms with Gasteiger partial charge in [0.15, 0.2) is 0 Å². The van der Waals surface area contributed by atoms with Crippen molar-refractivity contribution in [2.24, 2.45) is 0 Å². The number of aromatic nitrogens is 2. The first-order chi connectivity index (χ1) is 9.15. The average molecular weight is 259 g/mol. The van der Waals surface area contributed by atoms with E-state index in [4.69, 9.17) is 10.5 Å². The molecular formula is C13H13N3O3. The summed E-state index contributed by atoms with van der Waals surface area (Å²) in [5.74, 6) is -0.503. The zero-order valence-corrected chi connectivity index (χ0v) is 10.2. The van der Waals surface area contributed by atoms with Crippen molar-refractivity contribution in [2.45, 2.75) is 13.2 Å². The molecule has 0 aliphatic heterocycles. The van der Waals surface area contributed by atoms with E-state index in [-0.39, 0.29) is 18.7 Å². The molecule has 0 spiro atoms. The molecule has 0 fully saturated rings. The standard InChI is InChI=1S/C13H13N3O3/c14-11-3-4-12(17)16(7-11)8-13(18)19-9-10-2-1-5-15-6-10/h1-7H,8-9,14H2. The second-order valence-electron chi connectivity index (χ2n) is 3.95. The first-order valence-electron chi connectivity index (χ1n) is 5.65. The summed E-state index contributed by atoms with van der Waals surface area (Å²) in [5, 5.41) is 0. The molecule has 0 aliphatic rings. The van der Waals surface area contributed by atoms with Gasteiger partial charge in [0, 0.05) is 35.9 Å². The summed E-state index contributed by atoms with van der Waals surface area (Å²) in [6.45, 7) is -0.0339. The minimum atomic E-state index is -0.503. The van der Waals surface area contributed by atoms with E-state index < -0.39 is 5.97 Å². The molecule has 6 nitrogen and oxygen atoms in total. The minimum absolute atomic E-state index is 0.129. The molecule has 2 aromatic rings. The second kappa shape index (κ2) is 5.81. The molecule has 2 rings (SSSR count). The van der Waals surface area contributed by atoms with Crippen LogP contribution in [0.2, 0.25) is 0 Å². The fourth-order valence-electron chi connectivity index (χ4n) is 1.51. The van der Waals surface area contributed by atoms with Gasteiger partial charge in [0.05, 0.1) is 0 Å². The lowest BCUT2D eigenvalue weighted by molar-refractivity contribution is -0.145. The molecule has 0 aromatic carbocycles. The van der Waals surface area contributed by atoms with Gasteiger partial charge >= 0.3 is 5.97 Å². The quantitative estimate of drug-likeness (QED) is 0.811. The van der Waals surface area contributed by atoms with E-state index in [0.29, 0.717) is 5.69 Å². The minimum Gasteiger partial charge on any atom is -0.459 e. The predicted molar refractivity (Wildman–Crippen MR) is 69.1 cm³/mol. The molecule has 0 radical (unpaired) electrons. The Balaban J connectivity index is 1.95. The highest BCUT2D eigenvalue weighted by atomic mass is 16.5. The number of nitrogen functional groups attached to an aromatic ring is 1. The van der Waals surface area contributed by atoms with Crippen molar-refractivity contribution in [3.05, 3.63) is 58.8 Å². The Morgan fingerprint density at radius 3 is 2.95 bits per heavy atom. The van der Waals surface area contributed by atoms with Crippen LogP contribution in [0.1, 0.15) is 5.56 Å². The van der Waals surface area contributed by atoms with Crippen LogP contribution in [-0.4, -0.2) is 15.5 Å². The van der Waals surface area contributed by atoms with E-state index in [1.807, 2.05) is 0 Å². The van der Waals surface area contributed by atoms with Crippen molar-refractivity contribution in [3.8, 4) is 0 Å². The van der Waals surface area contributed by atoms with E-state index >= 15 is 0 Å². The number of anilines is 1. The van der Waals surface area contributed by atoms with Crippen LogP contribution in [0, 0.1) is 0 Å². The van der Waals surface area contributed by atoms with Gasteiger partial charge in [-0.15, -0.1) is 0 Å². The van der Waals surface area contributed by atoms with Crippen molar-refractivity contribution in [1.29, 1.82) is 0 Å². The number of carbonyl (C=O) groups is 1. The molecular weight excluding hydrogens is 246 g/mol. The fourth-order valence-corrected chi connectivity index (χ4v) is 1.51. The van der Waals surface area contributed by atoms with Gasteiger partial charge in [-0.1, -0.05) is 6.07 Å². The lowest BCUT2D eigenvalue weighted by Gasteiger charge is -2.07. The molecule has 0 atom stereocenters. The SMILES string of the molecule is Nc1ccc(=O)n(CC(=O)OCc2cccnc2)c1. The van der Waals surface area contributed by atoms with Crippen LogP contribution >= 0.6 is 0 Å². The van der Waals surface area contributed by atoms with Crippen molar-refractivity contribution in [1.82, 2.24) is 9.55 Å². The summed E-state index contributed by atoms with van der Waals surface area (Å²) < 4.78 is 6.26. The van der Waals surface area contributed by atoms with Crippen LogP contribution in [0.5, 0.6) is 0 Å². The normalized spacial score (nSPS) is 10.1. The van der Waals surface area contributed by atoms with E-state index in [1.54, 1.807) is 24.5 Å². The van der Waals surface area contributed by atoms with E-state index in [2.05, 4.69) is 4.98 Å². The highest BCUT2D eigenvalue weighted by Gasteiger charge is 2.06. The van der Waals surface area contributed by atoms with Gasteiger partial charge in [-0.05, 0) is 12.1 Å². The van der Waals surface area contributed by atoms with E-state index in [1.165, 1.54) is 22.9 Å². The Morgan fingerprint density at radius 1 is 1.37 bits per heavy atom. The maximum Gasteiger partial charge on any atom is 0.326 e. The summed E-state index contributed by atoms with van der Waals surface area (Å²) in [7, 11) is 0. The molecule has 0 saturated carbocycles. The number of esters is 1. The van der Waals surface area contributed by atoms with Crippen LogP contribution in [0.15, 0.2) is 47.7 Å². The lowest BCUT2D eigenvalue weighted by atomic mass is 10.3. The zero-order valence-electron chi connectivity index (χ0n) is 10.2. The molecule has 0 unspecified atom stereocenters. The van der Waals surface area contributed by atoms with Crippen LogP contribution in [0.4, 0.5) is 5.69 Å². The van der Waals surface area contributed by atoms with Crippen LogP contribution < -0.4 is 11.3 Å². The summed E-state index contributed by atoms with van der Waals surface area (Å²) in [6, 6.07) is 6.35. The first kappa shape index (κ1) is 12.8. The van der Waals surface area contributed by atoms with Crippen molar-refractivity contribution in [3.63, 3.8) is 0 Å². The first-order valence-corrected chi connectivity index (χ1v) is 5.65. The van der Waals surface area contributed by atoms with Gasteiger partial charge in [0.2, 0.25) is 0 Å². The maximum absolute atomic E-state index is 11.6. The Hall–Kier alpha value is -2.63. The van der Waals surface area contributed by atoms with Gasteiger partial charge in [-0.3, -0.25) is 14.6 Å². The molecule has 19 heavy (non-hydrogen) atoms.